The average Bonchev–Trinajstić information content (AvgIpc) is 2.73. The number of anilines is 2. The molecule has 0 spiro atoms. The van der Waals surface area contributed by atoms with Crippen LogP contribution in [0.3, 0.4) is 0 Å². The molecule has 0 aromatic heterocycles. The second-order valence-corrected chi connectivity index (χ2v) is 5.27. The van der Waals surface area contributed by atoms with Gasteiger partial charge in [-0.2, -0.15) is 0 Å². The highest BCUT2D eigenvalue weighted by molar-refractivity contribution is 6.33. The van der Waals surface area contributed by atoms with E-state index in [4.69, 9.17) is 11.6 Å². The van der Waals surface area contributed by atoms with E-state index >= 15 is 0 Å². The summed E-state index contributed by atoms with van der Waals surface area (Å²) >= 11 is 5.90. The van der Waals surface area contributed by atoms with Crippen LogP contribution in [0.25, 0.3) is 0 Å². The van der Waals surface area contributed by atoms with E-state index in [-0.39, 0.29) is 5.91 Å². The third-order valence-corrected chi connectivity index (χ3v) is 3.30. The van der Waals surface area contributed by atoms with E-state index in [0.29, 0.717) is 16.4 Å². The van der Waals surface area contributed by atoms with Crippen LogP contribution in [0.5, 0.6) is 0 Å². The Hall–Kier alpha value is -1.73. The van der Waals surface area contributed by atoms with Crippen LogP contribution in [0.15, 0.2) is 18.2 Å². The normalized spacial score (nSPS) is 20.1. The van der Waals surface area contributed by atoms with Gasteiger partial charge in [0.15, 0.2) is 0 Å². The van der Waals surface area contributed by atoms with Crippen molar-refractivity contribution in [2.24, 2.45) is 0 Å². The summed E-state index contributed by atoms with van der Waals surface area (Å²) in [5.41, 5.74) is 0.705. The summed E-state index contributed by atoms with van der Waals surface area (Å²) in [5, 5.41) is 7.81. The van der Waals surface area contributed by atoms with Crippen molar-refractivity contribution >= 4 is 34.8 Å². The highest BCUT2D eigenvalue weighted by Crippen LogP contribution is 2.28. The van der Waals surface area contributed by atoms with Crippen molar-refractivity contribution < 1.29 is 18.4 Å². The summed E-state index contributed by atoms with van der Waals surface area (Å²) < 4.78 is 26.1. The molecule has 1 heterocycles. The van der Waals surface area contributed by atoms with E-state index in [1.165, 1.54) is 25.1 Å². The molecule has 0 aliphatic carbocycles. The number of halogens is 3. The number of alkyl halides is 2. The molecule has 1 unspecified atom stereocenters. The number of rotatable bonds is 3. The van der Waals surface area contributed by atoms with Crippen molar-refractivity contribution in [1.29, 1.82) is 0 Å². The number of benzene rings is 1. The molecule has 114 valence electrons. The molecule has 1 atom stereocenters. The molecule has 0 saturated carbocycles. The molecule has 0 bridgehead atoms. The summed E-state index contributed by atoms with van der Waals surface area (Å²) in [4.78, 5) is 22.9. The van der Waals surface area contributed by atoms with Gasteiger partial charge < -0.3 is 10.6 Å². The Morgan fingerprint density at radius 1 is 1.38 bits per heavy atom. The molecule has 1 aliphatic heterocycles. The first-order valence-electron chi connectivity index (χ1n) is 6.26. The molecule has 1 aromatic rings. The summed E-state index contributed by atoms with van der Waals surface area (Å²) in [5.74, 6) is -3.73. The van der Waals surface area contributed by atoms with Gasteiger partial charge in [-0.1, -0.05) is 11.6 Å². The maximum absolute atomic E-state index is 13.0. The van der Waals surface area contributed by atoms with Crippen LogP contribution in [-0.2, 0) is 9.59 Å². The van der Waals surface area contributed by atoms with Crippen molar-refractivity contribution in [2.45, 2.75) is 25.3 Å². The number of carbonyl (C=O) groups is 2. The fourth-order valence-corrected chi connectivity index (χ4v) is 2.18. The van der Waals surface area contributed by atoms with Gasteiger partial charge in [0.1, 0.15) is 0 Å². The first kappa shape index (κ1) is 15.7. The minimum absolute atomic E-state index is 0.308. The van der Waals surface area contributed by atoms with Crippen LogP contribution in [0.2, 0.25) is 5.02 Å². The standard InChI is InChI=1S/C13H14ClF2N3O2/c1-7(20)18-10-4-8(2-3-9(10)14)19-12(21)11-5-13(15,16)6-17-11/h2-4,11,17H,5-6H2,1H3,(H,18,20)(H,19,21). The molecule has 1 fully saturated rings. The molecule has 1 aromatic carbocycles. The number of nitrogens with one attached hydrogen (secondary N) is 3. The minimum atomic E-state index is -2.87. The maximum Gasteiger partial charge on any atom is 0.262 e. The Balaban J connectivity index is 2.06. The fourth-order valence-electron chi connectivity index (χ4n) is 2.02. The van der Waals surface area contributed by atoms with Crippen LogP contribution in [0, 0.1) is 0 Å². The van der Waals surface area contributed by atoms with Crippen molar-refractivity contribution in [3.63, 3.8) is 0 Å². The lowest BCUT2D eigenvalue weighted by atomic mass is 10.1. The zero-order valence-electron chi connectivity index (χ0n) is 11.2. The Bertz CT molecular complexity index is 581. The van der Waals surface area contributed by atoms with Crippen LogP contribution >= 0.6 is 11.6 Å². The van der Waals surface area contributed by atoms with Gasteiger partial charge in [-0.3, -0.25) is 14.9 Å². The van der Waals surface area contributed by atoms with E-state index in [9.17, 15) is 18.4 Å². The first-order chi connectivity index (χ1) is 9.77. The zero-order valence-corrected chi connectivity index (χ0v) is 11.9. The van der Waals surface area contributed by atoms with Crippen molar-refractivity contribution in [3.05, 3.63) is 23.2 Å². The highest BCUT2D eigenvalue weighted by atomic mass is 35.5. The lowest BCUT2D eigenvalue weighted by Gasteiger charge is -2.13. The molecular weight excluding hydrogens is 304 g/mol. The third-order valence-electron chi connectivity index (χ3n) is 2.97. The van der Waals surface area contributed by atoms with Crippen LogP contribution in [-0.4, -0.2) is 30.3 Å². The molecule has 3 N–H and O–H groups in total. The van der Waals surface area contributed by atoms with Crippen molar-refractivity contribution in [2.75, 3.05) is 17.2 Å². The average molecular weight is 318 g/mol. The summed E-state index contributed by atoms with van der Waals surface area (Å²) in [6.45, 7) is 0.814. The smallest absolute Gasteiger partial charge is 0.262 e. The van der Waals surface area contributed by atoms with Gasteiger partial charge in [-0.05, 0) is 18.2 Å². The van der Waals surface area contributed by atoms with E-state index < -0.39 is 30.8 Å². The second-order valence-electron chi connectivity index (χ2n) is 4.86. The van der Waals surface area contributed by atoms with E-state index in [1.54, 1.807) is 0 Å². The van der Waals surface area contributed by atoms with E-state index in [0.717, 1.165) is 0 Å². The van der Waals surface area contributed by atoms with Gasteiger partial charge in [0.2, 0.25) is 11.8 Å². The van der Waals surface area contributed by atoms with Gasteiger partial charge in [0, 0.05) is 19.0 Å². The Morgan fingerprint density at radius 2 is 2.10 bits per heavy atom. The van der Waals surface area contributed by atoms with Gasteiger partial charge in [0.25, 0.3) is 5.92 Å². The molecule has 2 rings (SSSR count). The van der Waals surface area contributed by atoms with Gasteiger partial charge in [-0.25, -0.2) is 8.78 Å². The van der Waals surface area contributed by atoms with Gasteiger partial charge in [0.05, 0.1) is 23.3 Å². The monoisotopic (exact) mass is 317 g/mol. The van der Waals surface area contributed by atoms with Gasteiger partial charge in [-0.15, -0.1) is 0 Å². The predicted molar refractivity (Wildman–Crippen MR) is 75.7 cm³/mol. The lowest BCUT2D eigenvalue weighted by Crippen LogP contribution is -2.35. The van der Waals surface area contributed by atoms with E-state index in [1.807, 2.05) is 0 Å². The molecular formula is C13H14ClF2N3O2. The number of hydrogen-bond donors (Lipinski definition) is 3. The molecule has 21 heavy (non-hydrogen) atoms. The molecule has 0 radical (unpaired) electrons. The maximum atomic E-state index is 13.0. The fraction of sp³-hybridized carbons (Fsp3) is 0.385. The summed E-state index contributed by atoms with van der Waals surface area (Å²) in [6, 6.07) is 3.55. The van der Waals surface area contributed by atoms with Crippen molar-refractivity contribution in [3.8, 4) is 0 Å². The number of hydrogen-bond acceptors (Lipinski definition) is 3. The first-order valence-corrected chi connectivity index (χ1v) is 6.64. The highest BCUT2D eigenvalue weighted by Gasteiger charge is 2.42. The third kappa shape index (κ3) is 4.12. The molecule has 5 nitrogen and oxygen atoms in total. The Labute approximate surface area is 125 Å². The largest absolute Gasteiger partial charge is 0.325 e. The van der Waals surface area contributed by atoms with Gasteiger partial charge >= 0.3 is 0 Å². The summed E-state index contributed by atoms with van der Waals surface area (Å²) in [6.07, 6.45) is -0.537. The molecule has 2 amide bonds. The van der Waals surface area contributed by atoms with Crippen LogP contribution in [0.4, 0.5) is 20.2 Å². The van der Waals surface area contributed by atoms with Crippen molar-refractivity contribution in [1.82, 2.24) is 5.32 Å². The number of carbonyl (C=O) groups excluding carboxylic acids is 2. The lowest BCUT2D eigenvalue weighted by molar-refractivity contribution is -0.118. The Morgan fingerprint density at radius 3 is 2.67 bits per heavy atom. The zero-order chi connectivity index (χ0) is 15.6. The van der Waals surface area contributed by atoms with Crippen LogP contribution in [0.1, 0.15) is 13.3 Å². The number of amides is 2. The second kappa shape index (κ2) is 5.95. The van der Waals surface area contributed by atoms with Crippen LogP contribution < -0.4 is 16.0 Å². The topological polar surface area (TPSA) is 70.2 Å². The minimum Gasteiger partial charge on any atom is -0.325 e. The Kier molecular flexibility index (Phi) is 4.43. The van der Waals surface area contributed by atoms with E-state index in [2.05, 4.69) is 16.0 Å². The molecule has 1 aliphatic rings. The SMILES string of the molecule is CC(=O)Nc1cc(NC(=O)C2CC(F)(F)CN2)ccc1Cl. The summed E-state index contributed by atoms with van der Waals surface area (Å²) in [7, 11) is 0. The molecule has 8 heteroatoms. The predicted octanol–water partition coefficient (Wildman–Crippen LogP) is 2.23. The quantitative estimate of drug-likeness (QED) is 0.800. The molecule has 1 saturated heterocycles.